The van der Waals surface area contributed by atoms with E-state index in [0.29, 0.717) is 6.04 Å². The summed E-state index contributed by atoms with van der Waals surface area (Å²) in [6.45, 7) is 5.10. The molecule has 0 aliphatic carbocycles. The minimum absolute atomic E-state index is 0.450. The molecule has 0 saturated carbocycles. The lowest BCUT2D eigenvalue weighted by molar-refractivity contribution is -0.122. The number of carbonyl (C=O) groups excluding carboxylic acids is 1. The van der Waals surface area contributed by atoms with E-state index in [9.17, 15) is 4.79 Å². The molecule has 1 unspecified atom stereocenters. The molecule has 0 aromatic rings. The van der Waals surface area contributed by atoms with Crippen molar-refractivity contribution in [3.05, 3.63) is 0 Å². The summed E-state index contributed by atoms with van der Waals surface area (Å²) < 4.78 is 0. The van der Waals surface area contributed by atoms with Crippen LogP contribution in [0.25, 0.3) is 0 Å². The van der Waals surface area contributed by atoms with E-state index in [0.717, 1.165) is 38.9 Å². The van der Waals surface area contributed by atoms with Crippen molar-refractivity contribution >= 4 is 6.41 Å². The van der Waals surface area contributed by atoms with Crippen LogP contribution in [0.5, 0.6) is 0 Å². The van der Waals surface area contributed by atoms with Crippen LogP contribution in [-0.2, 0) is 4.79 Å². The molecular formula is C9H18N2O. The molecule has 3 heteroatoms. The fraction of sp³-hybridized carbons (Fsp3) is 0.889. The Morgan fingerprint density at radius 3 is 2.83 bits per heavy atom. The van der Waals surface area contributed by atoms with Crippen LogP contribution in [0.1, 0.15) is 19.8 Å². The number of amides is 1. The molecule has 0 N–H and O–H groups in total. The standard InChI is InChI=1S/C9H18N2O/c1-3-4-9-7-10(2)5-6-11(9)8-12/h8-9H,3-7H2,1-2H3. The van der Waals surface area contributed by atoms with Gasteiger partial charge in [0.2, 0.25) is 6.41 Å². The summed E-state index contributed by atoms with van der Waals surface area (Å²) >= 11 is 0. The second-order valence-corrected chi connectivity index (χ2v) is 3.55. The van der Waals surface area contributed by atoms with Gasteiger partial charge in [-0.05, 0) is 13.5 Å². The maximum atomic E-state index is 10.7. The number of likely N-dealkylation sites (N-methyl/N-ethyl adjacent to an activating group) is 1. The number of nitrogens with zero attached hydrogens (tertiary/aromatic N) is 2. The lowest BCUT2D eigenvalue weighted by Crippen LogP contribution is -2.50. The van der Waals surface area contributed by atoms with E-state index in [1.54, 1.807) is 0 Å². The van der Waals surface area contributed by atoms with Gasteiger partial charge >= 0.3 is 0 Å². The summed E-state index contributed by atoms with van der Waals surface area (Å²) in [6.07, 6.45) is 3.28. The highest BCUT2D eigenvalue weighted by molar-refractivity contribution is 5.48. The van der Waals surface area contributed by atoms with Gasteiger partial charge in [0.25, 0.3) is 0 Å². The molecule has 0 radical (unpaired) electrons. The van der Waals surface area contributed by atoms with E-state index < -0.39 is 0 Å². The fourth-order valence-corrected chi connectivity index (χ4v) is 1.75. The van der Waals surface area contributed by atoms with Crippen LogP contribution >= 0.6 is 0 Å². The molecule has 70 valence electrons. The number of hydrogen-bond acceptors (Lipinski definition) is 2. The summed E-state index contributed by atoms with van der Waals surface area (Å²) in [5, 5.41) is 0. The smallest absolute Gasteiger partial charge is 0.210 e. The Morgan fingerprint density at radius 1 is 1.50 bits per heavy atom. The zero-order valence-corrected chi connectivity index (χ0v) is 7.99. The van der Waals surface area contributed by atoms with Crippen molar-refractivity contribution in [2.45, 2.75) is 25.8 Å². The third kappa shape index (κ3) is 2.21. The zero-order valence-electron chi connectivity index (χ0n) is 7.99. The molecule has 0 spiro atoms. The van der Waals surface area contributed by atoms with Crippen LogP contribution in [0.15, 0.2) is 0 Å². The Morgan fingerprint density at radius 2 is 2.25 bits per heavy atom. The number of hydrogen-bond donors (Lipinski definition) is 0. The van der Waals surface area contributed by atoms with Crippen LogP contribution in [0, 0.1) is 0 Å². The first-order chi connectivity index (χ1) is 5.77. The Balaban J connectivity index is 2.45. The van der Waals surface area contributed by atoms with Gasteiger partial charge in [-0.25, -0.2) is 0 Å². The normalized spacial score (nSPS) is 25.8. The monoisotopic (exact) mass is 170 g/mol. The largest absolute Gasteiger partial charge is 0.340 e. The molecule has 3 nitrogen and oxygen atoms in total. The van der Waals surface area contributed by atoms with Gasteiger partial charge in [-0.15, -0.1) is 0 Å². The molecule has 0 aromatic carbocycles. The van der Waals surface area contributed by atoms with Crippen molar-refractivity contribution in [3.63, 3.8) is 0 Å². The Hall–Kier alpha value is -0.570. The van der Waals surface area contributed by atoms with Crippen molar-refractivity contribution in [2.75, 3.05) is 26.7 Å². The molecule has 1 amide bonds. The van der Waals surface area contributed by atoms with Crippen molar-refractivity contribution in [1.29, 1.82) is 0 Å². The second kappa shape index (κ2) is 4.45. The van der Waals surface area contributed by atoms with Crippen molar-refractivity contribution in [3.8, 4) is 0 Å². The second-order valence-electron chi connectivity index (χ2n) is 3.55. The molecular weight excluding hydrogens is 152 g/mol. The Kier molecular flexibility index (Phi) is 3.53. The van der Waals surface area contributed by atoms with Crippen molar-refractivity contribution in [2.24, 2.45) is 0 Å². The molecule has 1 heterocycles. The minimum Gasteiger partial charge on any atom is -0.340 e. The van der Waals surface area contributed by atoms with Gasteiger partial charge < -0.3 is 9.80 Å². The molecule has 1 saturated heterocycles. The van der Waals surface area contributed by atoms with Gasteiger partial charge in [0.1, 0.15) is 0 Å². The maximum absolute atomic E-state index is 10.7. The Labute approximate surface area is 74.3 Å². The van der Waals surface area contributed by atoms with Crippen molar-refractivity contribution < 1.29 is 4.79 Å². The third-order valence-corrected chi connectivity index (χ3v) is 2.49. The molecule has 1 rings (SSSR count). The van der Waals surface area contributed by atoms with Gasteiger partial charge in [0.05, 0.1) is 0 Å². The lowest BCUT2D eigenvalue weighted by Gasteiger charge is -2.37. The number of piperazine rings is 1. The SMILES string of the molecule is CCCC1CN(C)CCN1C=O. The lowest BCUT2D eigenvalue weighted by atomic mass is 10.1. The summed E-state index contributed by atoms with van der Waals surface area (Å²) in [7, 11) is 2.12. The van der Waals surface area contributed by atoms with E-state index in [1.807, 2.05) is 4.90 Å². The molecule has 0 aromatic heterocycles. The highest BCUT2D eigenvalue weighted by Crippen LogP contribution is 2.10. The topological polar surface area (TPSA) is 23.6 Å². The van der Waals surface area contributed by atoms with Crippen LogP contribution < -0.4 is 0 Å². The number of rotatable bonds is 3. The quantitative estimate of drug-likeness (QED) is 0.578. The summed E-state index contributed by atoms with van der Waals surface area (Å²) in [5.41, 5.74) is 0. The van der Waals surface area contributed by atoms with Crippen molar-refractivity contribution in [1.82, 2.24) is 9.80 Å². The minimum atomic E-state index is 0.450. The molecule has 1 aliphatic rings. The fourth-order valence-electron chi connectivity index (χ4n) is 1.75. The van der Waals surface area contributed by atoms with E-state index >= 15 is 0 Å². The first kappa shape index (κ1) is 9.52. The molecule has 0 bridgehead atoms. The molecule has 1 aliphatic heterocycles. The first-order valence-electron chi connectivity index (χ1n) is 4.67. The average molecular weight is 170 g/mol. The van der Waals surface area contributed by atoms with Crippen LogP contribution in [0.4, 0.5) is 0 Å². The van der Waals surface area contributed by atoms with E-state index in [1.165, 1.54) is 0 Å². The molecule has 1 fully saturated rings. The zero-order chi connectivity index (χ0) is 8.97. The predicted molar refractivity (Wildman–Crippen MR) is 49.0 cm³/mol. The van der Waals surface area contributed by atoms with Gasteiger partial charge in [-0.1, -0.05) is 13.3 Å². The average Bonchev–Trinajstić information content (AvgIpc) is 2.05. The van der Waals surface area contributed by atoms with Crippen LogP contribution in [0.2, 0.25) is 0 Å². The Bertz CT molecular complexity index is 149. The molecule has 1 atom stereocenters. The van der Waals surface area contributed by atoms with Gasteiger partial charge in [-0.3, -0.25) is 4.79 Å². The van der Waals surface area contributed by atoms with Gasteiger partial charge in [0.15, 0.2) is 0 Å². The van der Waals surface area contributed by atoms with E-state index in [-0.39, 0.29) is 0 Å². The summed E-state index contributed by atoms with van der Waals surface area (Å²) in [6, 6.07) is 0.450. The van der Waals surface area contributed by atoms with Gasteiger partial charge in [-0.2, -0.15) is 0 Å². The first-order valence-corrected chi connectivity index (χ1v) is 4.67. The molecule has 12 heavy (non-hydrogen) atoms. The number of carbonyl (C=O) groups is 1. The third-order valence-electron chi connectivity index (χ3n) is 2.49. The van der Waals surface area contributed by atoms with Gasteiger partial charge in [0, 0.05) is 25.7 Å². The van der Waals surface area contributed by atoms with E-state index in [2.05, 4.69) is 18.9 Å². The highest BCUT2D eigenvalue weighted by Gasteiger charge is 2.22. The summed E-state index contributed by atoms with van der Waals surface area (Å²) in [5.74, 6) is 0. The van der Waals surface area contributed by atoms with Crippen LogP contribution in [0.3, 0.4) is 0 Å². The van der Waals surface area contributed by atoms with E-state index in [4.69, 9.17) is 0 Å². The highest BCUT2D eigenvalue weighted by atomic mass is 16.1. The predicted octanol–water partition coefficient (Wildman–Crippen LogP) is 0.559. The summed E-state index contributed by atoms with van der Waals surface area (Å²) in [4.78, 5) is 14.9. The van der Waals surface area contributed by atoms with Crippen LogP contribution in [-0.4, -0.2) is 48.9 Å². The maximum Gasteiger partial charge on any atom is 0.210 e.